The topological polar surface area (TPSA) is 49.9 Å². The molecule has 260 valence electrons. The minimum absolute atomic E-state index is 0.454. The van der Waals surface area contributed by atoms with Crippen LogP contribution in [0.15, 0.2) is 96.7 Å². The van der Waals surface area contributed by atoms with E-state index in [1.807, 2.05) is 89.2 Å². The predicted octanol–water partition coefficient (Wildman–Crippen LogP) is 10.0. The number of allylic oxidation sites excluding steroid dienone is 6. The summed E-state index contributed by atoms with van der Waals surface area (Å²) in [5, 5.41) is 0. The molecule has 1 heterocycles. The molecule has 0 N–H and O–H groups in total. The second-order valence-corrected chi connectivity index (χ2v) is 13.8. The van der Waals surface area contributed by atoms with Crippen LogP contribution in [-0.2, 0) is 18.9 Å². The predicted molar refractivity (Wildman–Crippen MR) is 191 cm³/mol. The third-order valence-electron chi connectivity index (χ3n) is 6.93. The van der Waals surface area contributed by atoms with Gasteiger partial charge in [-0.1, -0.05) is 55.4 Å². The van der Waals surface area contributed by atoms with Gasteiger partial charge in [0, 0.05) is 53.0 Å². The van der Waals surface area contributed by atoms with E-state index >= 15 is 0 Å². The van der Waals surface area contributed by atoms with Crippen LogP contribution in [0.3, 0.4) is 0 Å². The molecule has 0 aromatic heterocycles. The van der Waals surface area contributed by atoms with Crippen LogP contribution in [0.5, 0.6) is 0 Å². The van der Waals surface area contributed by atoms with E-state index in [0.717, 1.165) is 60.0 Å². The average Bonchev–Trinajstić information content (AvgIpc) is 2.94. The fourth-order valence-corrected chi connectivity index (χ4v) is 4.55. The fraction of sp³-hybridized carbons (Fsp3) is 0.579. The summed E-state index contributed by atoms with van der Waals surface area (Å²) in [5.41, 5.74) is 4.16. The van der Waals surface area contributed by atoms with Crippen LogP contribution >= 0.6 is 0 Å². The summed E-state index contributed by atoms with van der Waals surface area (Å²) in [6, 6.07) is 0. The van der Waals surface area contributed by atoms with Crippen LogP contribution in [0.1, 0.15) is 94.9 Å². The van der Waals surface area contributed by atoms with Gasteiger partial charge in [0.05, 0.1) is 22.8 Å². The maximum Gasteiger partial charge on any atom is 0.116 e. The third-order valence-corrected chi connectivity index (χ3v) is 6.93. The summed E-state index contributed by atoms with van der Waals surface area (Å²) in [5.74, 6) is 3.36. The smallest absolute Gasteiger partial charge is 0.116 e. The standard InChI is InChI=1S/C38H64N4O4/c1-29(2)19-35-25-43-17-15-39(11)38(22-32(7)8)28-46-34(10)24-42(14)36(20-30(3)4)26-44-18-16-40(12)37(21-31(5)6)27-45-33(9)23-41(35)13/h15-18,23-32H,19-22H2,1-14H3. The maximum absolute atomic E-state index is 6.14. The van der Waals surface area contributed by atoms with E-state index in [-0.39, 0.29) is 0 Å². The first-order chi connectivity index (χ1) is 21.6. The second kappa shape index (κ2) is 21.2. The largest absolute Gasteiger partial charge is 0.469 e. The summed E-state index contributed by atoms with van der Waals surface area (Å²) in [7, 11) is 8.05. The Labute approximate surface area is 281 Å². The van der Waals surface area contributed by atoms with E-state index < -0.39 is 0 Å². The van der Waals surface area contributed by atoms with Gasteiger partial charge in [-0.2, -0.15) is 0 Å². The highest BCUT2D eigenvalue weighted by atomic mass is 16.5. The van der Waals surface area contributed by atoms with Crippen molar-refractivity contribution in [2.75, 3.05) is 28.2 Å². The molecule has 0 amide bonds. The first-order valence-corrected chi connectivity index (χ1v) is 16.6. The van der Waals surface area contributed by atoms with Crippen molar-refractivity contribution in [3.05, 3.63) is 96.7 Å². The van der Waals surface area contributed by atoms with Crippen molar-refractivity contribution in [1.82, 2.24) is 19.6 Å². The van der Waals surface area contributed by atoms with Gasteiger partial charge >= 0.3 is 0 Å². The van der Waals surface area contributed by atoms with Gasteiger partial charge in [0.1, 0.15) is 49.1 Å². The van der Waals surface area contributed by atoms with Gasteiger partial charge < -0.3 is 38.5 Å². The Morgan fingerprint density at radius 1 is 0.457 bits per heavy atom. The third kappa shape index (κ3) is 17.1. The van der Waals surface area contributed by atoms with Crippen LogP contribution in [0.2, 0.25) is 0 Å². The first-order valence-electron chi connectivity index (χ1n) is 16.6. The normalized spacial score (nSPS) is 17.0. The molecule has 1 aliphatic rings. The van der Waals surface area contributed by atoms with Crippen LogP contribution in [0.25, 0.3) is 0 Å². The highest BCUT2D eigenvalue weighted by molar-refractivity contribution is 5.10. The first kappa shape index (κ1) is 40.3. The zero-order valence-electron chi connectivity index (χ0n) is 31.3. The van der Waals surface area contributed by atoms with Gasteiger partial charge in [-0.3, -0.25) is 0 Å². The molecule has 8 heteroatoms. The van der Waals surface area contributed by atoms with E-state index in [2.05, 4.69) is 65.2 Å². The number of ether oxygens (including phenoxy) is 4. The molecule has 0 unspecified atom stereocenters. The Kier molecular flexibility index (Phi) is 18.6. The summed E-state index contributed by atoms with van der Waals surface area (Å²) in [6.07, 6.45) is 21.9. The Morgan fingerprint density at radius 3 is 1.02 bits per heavy atom. The lowest BCUT2D eigenvalue weighted by molar-refractivity contribution is 0.305. The Balaban J connectivity index is 3.59. The molecule has 1 rings (SSSR count). The number of hydrogen-bond acceptors (Lipinski definition) is 8. The van der Waals surface area contributed by atoms with E-state index in [1.165, 1.54) is 0 Å². The van der Waals surface area contributed by atoms with Crippen molar-refractivity contribution >= 4 is 0 Å². The zero-order chi connectivity index (χ0) is 34.8. The minimum atomic E-state index is 0.454. The quantitative estimate of drug-likeness (QED) is 0.260. The Hall–Kier alpha value is -3.68. The van der Waals surface area contributed by atoms with Crippen LogP contribution in [-0.4, -0.2) is 47.8 Å². The molecule has 0 bridgehead atoms. The van der Waals surface area contributed by atoms with E-state index in [4.69, 9.17) is 18.9 Å². The monoisotopic (exact) mass is 640 g/mol. The summed E-state index contributed by atoms with van der Waals surface area (Å²) in [6.45, 7) is 21.5. The molecule has 0 atom stereocenters. The molecule has 0 saturated heterocycles. The molecule has 0 aromatic carbocycles. The van der Waals surface area contributed by atoms with Gasteiger partial charge in [-0.15, -0.1) is 0 Å². The molecule has 46 heavy (non-hydrogen) atoms. The molecule has 8 nitrogen and oxygen atoms in total. The van der Waals surface area contributed by atoms with E-state index in [0.29, 0.717) is 23.7 Å². The SMILES string of the molecule is CC1=CN(C)C(CC(C)C)=COC=CN(C)C(CC(C)C)=COC(C)=CN(C)C(CC(C)C)=COC=CN(C)C(CC(C)C)=CO1. The van der Waals surface area contributed by atoms with Crippen molar-refractivity contribution < 1.29 is 18.9 Å². The minimum Gasteiger partial charge on any atom is -0.469 e. The molecule has 0 aliphatic carbocycles. The Bertz CT molecular complexity index is 1050. The van der Waals surface area contributed by atoms with Gasteiger partial charge in [0.2, 0.25) is 0 Å². The zero-order valence-corrected chi connectivity index (χ0v) is 31.3. The highest BCUT2D eigenvalue weighted by Crippen LogP contribution is 2.21. The second-order valence-electron chi connectivity index (χ2n) is 13.8. The molecule has 0 aromatic rings. The van der Waals surface area contributed by atoms with Gasteiger partial charge in [-0.05, 0) is 63.2 Å². The lowest BCUT2D eigenvalue weighted by Crippen LogP contribution is -2.15. The fourth-order valence-electron chi connectivity index (χ4n) is 4.55. The lowest BCUT2D eigenvalue weighted by atomic mass is 10.1. The summed E-state index contributed by atoms with van der Waals surface area (Å²) >= 11 is 0. The molecular weight excluding hydrogens is 576 g/mol. The van der Waals surface area contributed by atoms with Gasteiger partial charge in [-0.25, -0.2) is 0 Å². The van der Waals surface area contributed by atoms with Crippen LogP contribution in [0, 0.1) is 23.7 Å². The average molecular weight is 641 g/mol. The van der Waals surface area contributed by atoms with Gasteiger partial charge in [0.15, 0.2) is 0 Å². The number of rotatable bonds is 8. The number of nitrogens with zero attached hydrogens (tertiary/aromatic N) is 4. The van der Waals surface area contributed by atoms with E-state index in [9.17, 15) is 0 Å². The molecule has 0 spiro atoms. The molecule has 0 saturated carbocycles. The van der Waals surface area contributed by atoms with Gasteiger partial charge in [0.25, 0.3) is 0 Å². The molecular formula is C38H64N4O4. The van der Waals surface area contributed by atoms with Crippen molar-refractivity contribution in [1.29, 1.82) is 0 Å². The van der Waals surface area contributed by atoms with Crippen molar-refractivity contribution in [2.24, 2.45) is 23.7 Å². The van der Waals surface area contributed by atoms with Crippen molar-refractivity contribution in [3.63, 3.8) is 0 Å². The molecule has 0 radical (unpaired) electrons. The Morgan fingerprint density at radius 2 is 0.739 bits per heavy atom. The maximum atomic E-state index is 6.14. The number of hydrogen-bond donors (Lipinski definition) is 0. The molecule has 0 fully saturated rings. The molecule has 1 aliphatic heterocycles. The van der Waals surface area contributed by atoms with Crippen molar-refractivity contribution in [3.8, 4) is 0 Å². The van der Waals surface area contributed by atoms with Crippen LogP contribution < -0.4 is 0 Å². The lowest BCUT2D eigenvalue weighted by Gasteiger charge is -2.23. The summed E-state index contributed by atoms with van der Waals surface area (Å²) < 4.78 is 24.2. The van der Waals surface area contributed by atoms with Crippen LogP contribution in [0.4, 0.5) is 0 Å². The van der Waals surface area contributed by atoms with Crippen molar-refractivity contribution in [2.45, 2.75) is 94.9 Å². The highest BCUT2D eigenvalue weighted by Gasteiger charge is 2.11. The van der Waals surface area contributed by atoms with E-state index in [1.54, 1.807) is 25.0 Å². The summed E-state index contributed by atoms with van der Waals surface area (Å²) in [4.78, 5) is 8.19.